The summed E-state index contributed by atoms with van der Waals surface area (Å²) in [5.74, 6) is -0.0251. The molecule has 0 aromatic heterocycles. The van der Waals surface area contributed by atoms with Crippen molar-refractivity contribution in [3.8, 4) is 0 Å². The Bertz CT molecular complexity index is 498. The lowest BCUT2D eigenvalue weighted by atomic mass is 9.94. The number of likely N-dealkylation sites (tertiary alicyclic amines) is 1. The number of aliphatic carboxylic acids is 1. The summed E-state index contributed by atoms with van der Waals surface area (Å²) in [6, 6.07) is 7.43. The molecular weight excluding hydrogens is 310 g/mol. The first-order valence-corrected chi connectivity index (χ1v) is 8.29. The van der Waals surface area contributed by atoms with E-state index < -0.39 is 5.97 Å². The lowest BCUT2D eigenvalue weighted by molar-refractivity contribution is -0.138. The Labute approximate surface area is 133 Å². The maximum Gasteiger partial charge on any atom is 0.303 e. The third-order valence-electron chi connectivity index (χ3n) is 3.61. The van der Waals surface area contributed by atoms with Crippen LogP contribution in [0.25, 0.3) is 0 Å². The van der Waals surface area contributed by atoms with Crippen molar-refractivity contribution in [1.82, 2.24) is 4.90 Å². The smallest absolute Gasteiger partial charge is 0.303 e. The Kier molecular flexibility index (Phi) is 5.94. The number of nitrogens with zero attached hydrogens (tertiary/aromatic N) is 1. The van der Waals surface area contributed by atoms with Gasteiger partial charge in [-0.3, -0.25) is 9.59 Å². The Morgan fingerprint density at radius 1 is 1.24 bits per heavy atom. The quantitative estimate of drug-likeness (QED) is 0.844. The summed E-state index contributed by atoms with van der Waals surface area (Å²) >= 11 is 7.32. The maximum absolute atomic E-state index is 12.1. The minimum absolute atomic E-state index is 0.115. The fourth-order valence-electron chi connectivity index (χ4n) is 2.40. The third kappa shape index (κ3) is 5.25. The lowest BCUT2D eigenvalue weighted by Gasteiger charge is -2.31. The van der Waals surface area contributed by atoms with Gasteiger partial charge in [0.1, 0.15) is 0 Å². The van der Waals surface area contributed by atoms with Gasteiger partial charge in [-0.15, -0.1) is 11.8 Å². The van der Waals surface area contributed by atoms with Crippen molar-refractivity contribution in [1.29, 1.82) is 0 Å². The van der Waals surface area contributed by atoms with E-state index in [0.29, 0.717) is 23.9 Å². The standard InChI is InChI=1S/C15H18ClNO3S/c16-12-1-3-13(4-2-12)21-10-14(18)17-7-5-11(6-8-17)9-15(19)20/h1-4,11H,5-10H2,(H,19,20). The summed E-state index contributed by atoms with van der Waals surface area (Å²) < 4.78 is 0. The number of rotatable bonds is 5. The van der Waals surface area contributed by atoms with Crippen molar-refractivity contribution < 1.29 is 14.7 Å². The van der Waals surface area contributed by atoms with Crippen molar-refractivity contribution in [2.75, 3.05) is 18.8 Å². The normalized spacial score (nSPS) is 16.0. The molecule has 1 heterocycles. The number of thioether (sulfide) groups is 1. The molecule has 0 atom stereocenters. The van der Waals surface area contributed by atoms with Gasteiger partial charge in [-0.2, -0.15) is 0 Å². The molecule has 1 aromatic rings. The minimum Gasteiger partial charge on any atom is -0.481 e. The number of halogens is 1. The fourth-order valence-corrected chi connectivity index (χ4v) is 3.33. The van der Waals surface area contributed by atoms with Crippen LogP contribution in [-0.2, 0) is 9.59 Å². The summed E-state index contributed by atoms with van der Waals surface area (Å²) in [7, 11) is 0. The van der Waals surface area contributed by atoms with Gasteiger partial charge in [-0.05, 0) is 43.0 Å². The second kappa shape index (κ2) is 7.71. The van der Waals surface area contributed by atoms with Gasteiger partial charge < -0.3 is 10.0 Å². The van der Waals surface area contributed by atoms with E-state index in [0.717, 1.165) is 17.7 Å². The van der Waals surface area contributed by atoms with Crippen molar-refractivity contribution in [3.05, 3.63) is 29.3 Å². The first kappa shape index (κ1) is 16.2. The van der Waals surface area contributed by atoms with Gasteiger partial charge in [0, 0.05) is 29.4 Å². The van der Waals surface area contributed by atoms with Crippen LogP contribution in [-0.4, -0.2) is 40.7 Å². The maximum atomic E-state index is 12.1. The van der Waals surface area contributed by atoms with Crippen LogP contribution < -0.4 is 0 Å². The number of carboxylic acids is 1. The molecule has 1 aliphatic heterocycles. The van der Waals surface area contributed by atoms with E-state index in [1.54, 1.807) is 0 Å². The molecule has 4 nitrogen and oxygen atoms in total. The number of carboxylic acid groups (broad SMARTS) is 1. The van der Waals surface area contributed by atoms with Gasteiger partial charge in [0.25, 0.3) is 0 Å². The van der Waals surface area contributed by atoms with E-state index in [9.17, 15) is 9.59 Å². The van der Waals surface area contributed by atoms with Gasteiger partial charge in [-0.25, -0.2) is 0 Å². The van der Waals surface area contributed by atoms with Crippen LogP contribution >= 0.6 is 23.4 Å². The van der Waals surface area contributed by atoms with E-state index in [1.807, 2.05) is 29.2 Å². The number of carbonyl (C=O) groups is 2. The van der Waals surface area contributed by atoms with E-state index in [4.69, 9.17) is 16.7 Å². The molecule has 114 valence electrons. The zero-order valence-corrected chi connectivity index (χ0v) is 13.2. The van der Waals surface area contributed by atoms with Gasteiger partial charge in [-0.1, -0.05) is 11.6 Å². The van der Waals surface area contributed by atoms with E-state index in [1.165, 1.54) is 11.8 Å². The molecule has 0 unspecified atom stereocenters. The SMILES string of the molecule is O=C(O)CC1CCN(C(=O)CSc2ccc(Cl)cc2)CC1. The second-order valence-electron chi connectivity index (χ2n) is 5.16. The van der Waals surface area contributed by atoms with Crippen molar-refractivity contribution in [3.63, 3.8) is 0 Å². The molecular formula is C15H18ClNO3S. The average Bonchev–Trinajstić information content (AvgIpc) is 2.46. The summed E-state index contributed by atoms with van der Waals surface area (Å²) in [6.07, 6.45) is 1.77. The average molecular weight is 328 g/mol. The predicted molar refractivity (Wildman–Crippen MR) is 83.7 cm³/mol. The van der Waals surface area contributed by atoms with Crippen LogP contribution in [0.15, 0.2) is 29.2 Å². The van der Waals surface area contributed by atoms with Gasteiger partial charge in [0.2, 0.25) is 5.91 Å². The Morgan fingerprint density at radius 3 is 2.43 bits per heavy atom. The molecule has 6 heteroatoms. The Hall–Kier alpha value is -1.20. The third-order valence-corrected chi connectivity index (χ3v) is 4.86. The number of hydrogen-bond acceptors (Lipinski definition) is 3. The molecule has 1 aromatic carbocycles. The molecule has 0 radical (unpaired) electrons. The predicted octanol–water partition coefficient (Wildman–Crippen LogP) is 3.15. The van der Waals surface area contributed by atoms with Crippen molar-refractivity contribution in [2.45, 2.75) is 24.2 Å². The molecule has 1 saturated heterocycles. The number of amides is 1. The molecule has 0 saturated carbocycles. The summed E-state index contributed by atoms with van der Waals surface area (Å²) in [4.78, 5) is 25.7. The lowest BCUT2D eigenvalue weighted by Crippen LogP contribution is -2.39. The van der Waals surface area contributed by atoms with Gasteiger partial charge in [0.15, 0.2) is 0 Å². The molecule has 1 fully saturated rings. The van der Waals surface area contributed by atoms with Crippen LogP contribution in [0.4, 0.5) is 0 Å². The van der Waals surface area contributed by atoms with Gasteiger partial charge in [0.05, 0.1) is 5.75 Å². The highest BCUT2D eigenvalue weighted by atomic mass is 35.5. The van der Waals surface area contributed by atoms with Crippen LogP contribution in [0.1, 0.15) is 19.3 Å². The summed E-state index contributed by atoms with van der Waals surface area (Å²) in [5.41, 5.74) is 0. The monoisotopic (exact) mass is 327 g/mol. The van der Waals surface area contributed by atoms with Crippen LogP contribution in [0, 0.1) is 5.92 Å². The number of benzene rings is 1. The topological polar surface area (TPSA) is 57.6 Å². The Balaban J connectivity index is 1.74. The molecule has 0 aliphatic carbocycles. The minimum atomic E-state index is -0.752. The highest BCUT2D eigenvalue weighted by Gasteiger charge is 2.24. The number of carbonyl (C=O) groups excluding carboxylic acids is 1. The summed E-state index contributed by atoms with van der Waals surface area (Å²) in [6.45, 7) is 1.33. The zero-order chi connectivity index (χ0) is 15.2. The zero-order valence-electron chi connectivity index (χ0n) is 11.6. The largest absolute Gasteiger partial charge is 0.481 e. The first-order valence-electron chi connectivity index (χ1n) is 6.92. The number of piperidine rings is 1. The molecule has 21 heavy (non-hydrogen) atoms. The summed E-state index contributed by atoms with van der Waals surface area (Å²) in [5, 5.41) is 9.46. The highest BCUT2D eigenvalue weighted by molar-refractivity contribution is 8.00. The highest BCUT2D eigenvalue weighted by Crippen LogP contribution is 2.23. The Morgan fingerprint density at radius 2 is 1.86 bits per heavy atom. The van der Waals surface area contributed by atoms with E-state index >= 15 is 0 Å². The van der Waals surface area contributed by atoms with Gasteiger partial charge >= 0.3 is 5.97 Å². The van der Waals surface area contributed by atoms with E-state index in [-0.39, 0.29) is 18.2 Å². The fraction of sp³-hybridized carbons (Fsp3) is 0.467. The van der Waals surface area contributed by atoms with E-state index in [2.05, 4.69) is 0 Å². The molecule has 1 amide bonds. The molecule has 1 N–H and O–H groups in total. The molecule has 1 aliphatic rings. The van der Waals surface area contributed by atoms with Crippen molar-refractivity contribution in [2.24, 2.45) is 5.92 Å². The molecule has 2 rings (SSSR count). The van der Waals surface area contributed by atoms with Crippen LogP contribution in [0.5, 0.6) is 0 Å². The molecule has 0 bridgehead atoms. The molecule has 0 spiro atoms. The number of hydrogen-bond donors (Lipinski definition) is 1. The van der Waals surface area contributed by atoms with Crippen molar-refractivity contribution >= 4 is 35.2 Å². The second-order valence-corrected chi connectivity index (χ2v) is 6.65. The first-order chi connectivity index (χ1) is 10.0. The van der Waals surface area contributed by atoms with Crippen LogP contribution in [0.2, 0.25) is 5.02 Å². The van der Waals surface area contributed by atoms with Crippen LogP contribution in [0.3, 0.4) is 0 Å².